The molecule has 2 unspecified atom stereocenters. The zero-order valence-corrected chi connectivity index (χ0v) is 19.1. The van der Waals surface area contributed by atoms with Crippen LogP contribution in [0.15, 0.2) is 72.9 Å². The van der Waals surface area contributed by atoms with Crippen LogP contribution in [0.1, 0.15) is 22.9 Å². The van der Waals surface area contributed by atoms with E-state index in [1.807, 2.05) is 18.2 Å². The van der Waals surface area contributed by atoms with Crippen molar-refractivity contribution in [2.45, 2.75) is 25.4 Å². The molecule has 6 heteroatoms. The van der Waals surface area contributed by atoms with Crippen LogP contribution >= 0.6 is 11.6 Å². The minimum absolute atomic E-state index is 0.0569. The summed E-state index contributed by atoms with van der Waals surface area (Å²) >= 11 is 6.61. The van der Waals surface area contributed by atoms with E-state index in [-0.39, 0.29) is 6.04 Å². The summed E-state index contributed by atoms with van der Waals surface area (Å²) in [5.74, 6) is 0. The SMILES string of the molecule is OC(CN1CCn2cccc2C1c1ccccc1Cl)N1CCN(Cc2ccccc2)CC1. The first-order valence-electron chi connectivity index (χ1n) is 11.5. The lowest BCUT2D eigenvalue weighted by atomic mass is 9.99. The molecule has 3 aromatic rings. The summed E-state index contributed by atoms with van der Waals surface area (Å²) in [5.41, 5.74) is 3.69. The van der Waals surface area contributed by atoms with E-state index in [1.165, 1.54) is 11.3 Å². The number of aromatic nitrogens is 1. The summed E-state index contributed by atoms with van der Waals surface area (Å²) in [7, 11) is 0. The second-order valence-corrected chi connectivity index (χ2v) is 9.23. The van der Waals surface area contributed by atoms with Crippen molar-refractivity contribution in [1.82, 2.24) is 19.3 Å². The number of aliphatic hydroxyl groups is 1. The van der Waals surface area contributed by atoms with Crippen LogP contribution in [0.25, 0.3) is 0 Å². The maximum absolute atomic E-state index is 11.2. The van der Waals surface area contributed by atoms with Crippen LogP contribution in [-0.2, 0) is 13.1 Å². The molecule has 1 fully saturated rings. The van der Waals surface area contributed by atoms with E-state index >= 15 is 0 Å². The van der Waals surface area contributed by atoms with Crippen molar-refractivity contribution in [1.29, 1.82) is 0 Å². The normalized spacial score (nSPS) is 21.4. The fourth-order valence-corrected chi connectivity index (χ4v) is 5.31. The smallest absolute Gasteiger partial charge is 0.120 e. The highest BCUT2D eigenvalue weighted by molar-refractivity contribution is 6.31. The highest BCUT2D eigenvalue weighted by Gasteiger charge is 2.33. The zero-order valence-electron chi connectivity index (χ0n) is 18.4. The summed E-state index contributed by atoms with van der Waals surface area (Å²) in [6.07, 6.45) is 1.65. The van der Waals surface area contributed by atoms with Gasteiger partial charge in [0.15, 0.2) is 0 Å². The Morgan fingerprint density at radius 2 is 1.59 bits per heavy atom. The highest BCUT2D eigenvalue weighted by atomic mass is 35.5. The maximum atomic E-state index is 11.2. The van der Waals surface area contributed by atoms with Gasteiger partial charge < -0.3 is 9.67 Å². The van der Waals surface area contributed by atoms with Crippen LogP contribution in [0.5, 0.6) is 0 Å². The molecule has 1 aromatic heterocycles. The molecule has 1 saturated heterocycles. The molecule has 168 valence electrons. The van der Waals surface area contributed by atoms with Crippen LogP contribution in [0.4, 0.5) is 0 Å². The van der Waals surface area contributed by atoms with Crippen LogP contribution in [0.3, 0.4) is 0 Å². The van der Waals surface area contributed by atoms with Crippen molar-refractivity contribution in [2.24, 2.45) is 0 Å². The molecule has 3 heterocycles. The number of fused-ring (bicyclic) bond motifs is 1. The number of aliphatic hydroxyl groups excluding tert-OH is 1. The number of hydrogen-bond acceptors (Lipinski definition) is 4. The van der Waals surface area contributed by atoms with Gasteiger partial charge in [0.25, 0.3) is 0 Å². The number of piperazine rings is 1. The Hall–Kier alpha value is -2.15. The van der Waals surface area contributed by atoms with Gasteiger partial charge in [-0.2, -0.15) is 0 Å². The largest absolute Gasteiger partial charge is 0.377 e. The van der Waals surface area contributed by atoms with Crippen LogP contribution < -0.4 is 0 Å². The molecule has 0 bridgehead atoms. The summed E-state index contributed by atoms with van der Waals surface area (Å²) in [6.45, 7) is 7.13. The average Bonchev–Trinajstić information content (AvgIpc) is 3.30. The van der Waals surface area contributed by atoms with Crippen molar-refractivity contribution >= 4 is 11.6 Å². The number of nitrogens with zero attached hydrogens (tertiary/aromatic N) is 4. The van der Waals surface area contributed by atoms with Crippen LogP contribution in [0.2, 0.25) is 5.02 Å². The predicted molar refractivity (Wildman–Crippen MR) is 129 cm³/mol. The molecule has 0 radical (unpaired) electrons. The topological polar surface area (TPSA) is 34.9 Å². The lowest BCUT2D eigenvalue weighted by molar-refractivity contribution is -0.0518. The standard InChI is InChI=1S/C26H31ClN4O/c27-23-10-5-4-9-22(23)26-24-11-6-12-29(24)17-18-31(26)20-25(32)30-15-13-28(14-16-30)19-21-7-2-1-3-8-21/h1-12,25-26,32H,13-20H2. The summed E-state index contributed by atoms with van der Waals surface area (Å²) in [6, 6.07) is 23.0. The Labute approximate surface area is 195 Å². The molecule has 5 nitrogen and oxygen atoms in total. The van der Waals surface area contributed by atoms with Gasteiger partial charge in [-0.25, -0.2) is 0 Å². The minimum Gasteiger partial charge on any atom is -0.377 e. The Morgan fingerprint density at radius 1 is 0.844 bits per heavy atom. The first-order chi connectivity index (χ1) is 15.7. The highest BCUT2D eigenvalue weighted by Crippen LogP contribution is 2.36. The molecule has 0 spiro atoms. The van der Waals surface area contributed by atoms with Crippen molar-refractivity contribution < 1.29 is 5.11 Å². The second-order valence-electron chi connectivity index (χ2n) is 8.82. The minimum atomic E-state index is -0.486. The molecule has 32 heavy (non-hydrogen) atoms. The van der Waals surface area contributed by atoms with Gasteiger partial charge in [0, 0.05) is 69.3 Å². The van der Waals surface area contributed by atoms with E-state index in [0.29, 0.717) is 6.54 Å². The van der Waals surface area contributed by atoms with Gasteiger partial charge in [0.05, 0.1) is 6.04 Å². The molecule has 2 aliphatic heterocycles. The van der Waals surface area contributed by atoms with Crippen molar-refractivity contribution in [3.8, 4) is 0 Å². The Balaban J connectivity index is 1.25. The van der Waals surface area contributed by atoms with Gasteiger partial charge in [0.1, 0.15) is 6.23 Å². The van der Waals surface area contributed by atoms with Gasteiger partial charge in [0.2, 0.25) is 0 Å². The quantitative estimate of drug-likeness (QED) is 0.621. The lowest BCUT2D eigenvalue weighted by Gasteiger charge is -2.42. The van der Waals surface area contributed by atoms with E-state index in [0.717, 1.165) is 56.4 Å². The molecule has 1 N–H and O–H groups in total. The average molecular weight is 451 g/mol. The van der Waals surface area contributed by atoms with Gasteiger partial charge in [-0.15, -0.1) is 0 Å². The third-order valence-corrected chi connectivity index (χ3v) is 7.16. The molecular weight excluding hydrogens is 420 g/mol. The predicted octanol–water partition coefficient (Wildman–Crippen LogP) is 3.68. The molecule has 0 saturated carbocycles. The monoisotopic (exact) mass is 450 g/mol. The molecule has 2 aromatic carbocycles. The maximum Gasteiger partial charge on any atom is 0.120 e. The number of benzene rings is 2. The van der Waals surface area contributed by atoms with E-state index in [9.17, 15) is 5.11 Å². The van der Waals surface area contributed by atoms with Gasteiger partial charge >= 0.3 is 0 Å². The van der Waals surface area contributed by atoms with Gasteiger partial charge in [-0.1, -0.05) is 60.1 Å². The Kier molecular flexibility index (Phi) is 6.62. The van der Waals surface area contributed by atoms with Gasteiger partial charge in [-0.05, 0) is 29.3 Å². The summed E-state index contributed by atoms with van der Waals surface area (Å²) in [5, 5.41) is 11.9. The molecule has 2 atom stereocenters. The van der Waals surface area contributed by atoms with E-state index in [4.69, 9.17) is 11.6 Å². The number of β-amino-alcohol motifs (C(OH)–C–C–N with tert-alkyl or cyclic N) is 1. The molecule has 5 rings (SSSR count). The van der Waals surface area contributed by atoms with E-state index < -0.39 is 6.23 Å². The first kappa shape index (κ1) is 21.7. The first-order valence-corrected chi connectivity index (χ1v) is 11.9. The van der Waals surface area contributed by atoms with Crippen LogP contribution in [-0.4, -0.2) is 69.9 Å². The van der Waals surface area contributed by atoms with Gasteiger partial charge in [-0.3, -0.25) is 14.7 Å². The molecule has 0 amide bonds. The zero-order chi connectivity index (χ0) is 21.9. The summed E-state index contributed by atoms with van der Waals surface area (Å²) < 4.78 is 2.30. The van der Waals surface area contributed by atoms with Crippen molar-refractivity contribution in [3.05, 3.63) is 94.8 Å². The molecule has 2 aliphatic rings. The van der Waals surface area contributed by atoms with Crippen LogP contribution in [0, 0.1) is 0 Å². The Bertz CT molecular complexity index is 1020. The van der Waals surface area contributed by atoms with Crippen molar-refractivity contribution in [3.63, 3.8) is 0 Å². The van der Waals surface area contributed by atoms with E-state index in [1.54, 1.807) is 0 Å². The van der Waals surface area contributed by atoms with E-state index in [2.05, 4.69) is 74.0 Å². The number of hydrogen-bond donors (Lipinski definition) is 1. The lowest BCUT2D eigenvalue weighted by Crippen LogP contribution is -2.54. The number of halogens is 1. The third-order valence-electron chi connectivity index (χ3n) is 6.81. The fourth-order valence-electron chi connectivity index (χ4n) is 5.07. The Morgan fingerprint density at radius 3 is 2.38 bits per heavy atom. The van der Waals surface area contributed by atoms with Crippen molar-refractivity contribution in [2.75, 3.05) is 39.3 Å². The molecular formula is C26H31ClN4O. The third kappa shape index (κ3) is 4.63. The second kappa shape index (κ2) is 9.77. The fraction of sp³-hybridized carbons (Fsp3) is 0.385. The summed E-state index contributed by atoms with van der Waals surface area (Å²) in [4.78, 5) is 7.08. The number of rotatable bonds is 6. The molecule has 0 aliphatic carbocycles.